The summed E-state index contributed by atoms with van der Waals surface area (Å²) < 4.78 is 7.16. The van der Waals surface area contributed by atoms with Gasteiger partial charge in [0.05, 0.1) is 23.6 Å². The van der Waals surface area contributed by atoms with E-state index in [-0.39, 0.29) is 5.92 Å². The molecule has 114 valence electrons. The molecule has 1 N–H and O–H groups in total. The summed E-state index contributed by atoms with van der Waals surface area (Å²) in [7, 11) is 3.53. The van der Waals surface area contributed by atoms with E-state index in [0.717, 1.165) is 22.6 Å². The summed E-state index contributed by atoms with van der Waals surface area (Å²) >= 11 is 0. The minimum absolute atomic E-state index is 0.0179. The number of ether oxygens (including phenoxy) is 1. The predicted molar refractivity (Wildman–Crippen MR) is 81.6 cm³/mol. The Hall–Kier alpha value is -2.04. The fourth-order valence-electron chi connectivity index (χ4n) is 2.37. The van der Waals surface area contributed by atoms with Crippen LogP contribution in [0.1, 0.15) is 26.6 Å². The van der Waals surface area contributed by atoms with Gasteiger partial charge >= 0.3 is 5.97 Å². The number of aryl methyl sites for hydroxylation is 1. The standard InChI is InChI=1S/C16H22N2O3/c1-10(2)16(3,15(19)20)9-14-17-12-8-11(21-5)6-7-13(12)18(14)4/h6-8,10H,9H2,1-5H3,(H,19,20). The highest BCUT2D eigenvalue weighted by Crippen LogP contribution is 2.32. The van der Waals surface area contributed by atoms with Gasteiger partial charge in [-0.1, -0.05) is 13.8 Å². The van der Waals surface area contributed by atoms with E-state index in [0.29, 0.717) is 6.42 Å². The smallest absolute Gasteiger partial charge is 0.310 e. The van der Waals surface area contributed by atoms with E-state index in [4.69, 9.17) is 4.74 Å². The van der Waals surface area contributed by atoms with Gasteiger partial charge < -0.3 is 14.4 Å². The van der Waals surface area contributed by atoms with Crippen LogP contribution in [0.2, 0.25) is 0 Å². The average molecular weight is 290 g/mol. The van der Waals surface area contributed by atoms with Gasteiger partial charge in [-0.15, -0.1) is 0 Å². The van der Waals surface area contributed by atoms with Crippen molar-refractivity contribution in [1.29, 1.82) is 0 Å². The largest absolute Gasteiger partial charge is 0.497 e. The molecule has 21 heavy (non-hydrogen) atoms. The van der Waals surface area contributed by atoms with Crippen molar-refractivity contribution in [2.45, 2.75) is 27.2 Å². The summed E-state index contributed by atoms with van der Waals surface area (Å²) in [6.07, 6.45) is 0.396. The van der Waals surface area contributed by atoms with Crippen LogP contribution in [0.4, 0.5) is 0 Å². The summed E-state index contributed by atoms with van der Waals surface area (Å²) in [5.74, 6) is 0.750. The molecule has 0 radical (unpaired) electrons. The first-order valence-corrected chi connectivity index (χ1v) is 7.02. The summed E-state index contributed by atoms with van der Waals surface area (Å²) in [5.41, 5.74) is 0.963. The Labute approximate surface area is 124 Å². The predicted octanol–water partition coefficient (Wildman–Crippen LogP) is 2.87. The molecule has 2 rings (SSSR count). The van der Waals surface area contributed by atoms with Crippen LogP contribution in [-0.4, -0.2) is 27.7 Å². The number of benzene rings is 1. The molecule has 1 unspecified atom stereocenters. The molecular formula is C16H22N2O3. The van der Waals surface area contributed by atoms with Gasteiger partial charge in [-0.25, -0.2) is 4.98 Å². The lowest BCUT2D eigenvalue weighted by molar-refractivity contribution is -0.150. The second-order valence-corrected chi connectivity index (χ2v) is 6.00. The number of carboxylic acids is 1. The van der Waals surface area contributed by atoms with Crippen molar-refractivity contribution in [3.63, 3.8) is 0 Å². The van der Waals surface area contributed by atoms with E-state index in [2.05, 4.69) is 4.98 Å². The van der Waals surface area contributed by atoms with Gasteiger partial charge in [0, 0.05) is 19.5 Å². The molecule has 0 saturated carbocycles. The third-order valence-electron chi connectivity index (χ3n) is 4.47. The normalized spacial score (nSPS) is 14.4. The maximum atomic E-state index is 11.6. The van der Waals surface area contributed by atoms with Gasteiger partial charge in [-0.05, 0) is 25.0 Å². The molecule has 1 aromatic heterocycles. The summed E-state index contributed by atoms with van der Waals surface area (Å²) in [6.45, 7) is 5.64. The van der Waals surface area contributed by atoms with Crippen molar-refractivity contribution in [2.24, 2.45) is 18.4 Å². The van der Waals surface area contributed by atoms with Crippen LogP contribution in [0.15, 0.2) is 18.2 Å². The zero-order valence-corrected chi connectivity index (χ0v) is 13.2. The second kappa shape index (κ2) is 5.39. The molecule has 1 heterocycles. The van der Waals surface area contributed by atoms with E-state index >= 15 is 0 Å². The zero-order valence-electron chi connectivity index (χ0n) is 13.2. The van der Waals surface area contributed by atoms with Crippen molar-refractivity contribution in [2.75, 3.05) is 7.11 Å². The van der Waals surface area contributed by atoms with Crippen LogP contribution >= 0.6 is 0 Å². The Kier molecular flexibility index (Phi) is 3.94. The highest BCUT2D eigenvalue weighted by Gasteiger charge is 2.38. The maximum Gasteiger partial charge on any atom is 0.310 e. The molecule has 0 amide bonds. The van der Waals surface area contributed by atoms with Crippen LogP contribution in [-0.2, 0) is 18.3 Å². The number of aromatic nitrogens is 2. The third kappa shape index (κ3) is 2.60. The Morgan fingerprint density at radius 3 is 2.67 bits per heavy atom. The van der Waals surface area contributed by atoms with Crippen molar-refractivity contribution < 1.29 is 14.6 Å². The molecule has 0 fully saturated rings. The summed E-state index contributed by atoms with van der Waals surface area (Å²) in [6, 6.07) is 5.69. The molecule has 2 aromatic rings. The van der Waals surface area contributed by atoms with Gasteiger partial charge in [0.25, 0.3) is 0 Å². The molecule has 0 saturated heterocycles. The van der Waals surface area contributed by atoms with Crippen LogP contribution in [0.25, 0.3) is 11.0 Å². The Morgan fingerprint density at radius 2 is 2.14 bits per heavy atom. The minimum atomic E-state index is -0.834. The fourth-order valence-corrected chi connectivity index (χ4v) is 2.37. The number of hydrogen-bond acceptors (Lipinski definition) is 3. The van der Waals surface area contributed by atoms with Crippen molar-refractivity contribution in [3.8, 4) is 5.75 Å². The van der Waals surface area contributed by atoms with E-state index in [1.54, 1.807) is 14.0 Å². The van der Waals surface area contributed by atoms with E-state index in [1.165, 1.54) is 0 Å². The third-order valence-corrected chi connectivity index (χ3v) is 4.47. The van der Waals surface area contributed by atoms with E-state index < -0.39 is 11.4 Å². The first-order valence-electron chi connectivity index (χ1n) is 7.02. The monoisotopic (exact) mass is 290 g/mol. The highest BCUT2D eigenvalue weighted by molar-refractivity contribution is 5.78. The van der Waals surface area contributed by atoms with Gasteiger partial charge in [0.15, 0.2) is 0 Å². The number of carbonyl (C=O) groups is 1. The summed E-state index contributed by atoms with van der Waals surface area (Å²) in [5, 5.41) is 9.56. The zero-order chi connectivity index (χ0) is 15.8. The maximum absolute atomic E-state index is 11.6. The summed E-state index contributed by atoms with van der Waals surface area (Å²) in [4.78, 5) is 16.2. The number of aliphatic carboxylic acids is 1. The molecule has 0 spiro atoms. The lowest BCUT2D eigenvalue weighted by atomic mass is 9.76. The van der Waals surface area contributed by atoms with Crippen LogP contribution < -0.4 is 4.74 Å². The van der Waals surface area contributed by atoms with Gasteiger partial charge in [-0.2, -0.15) is 0 Å². The quantitative estimate of drug-likeness (QED) is 0.919. The molecule has 0 aliphatic carbocycles. The van der Waals surface area contributed by atoms with Gasteiger partial charge in [-0.3, -0.25) is 4.79 Å². The first-order chi connectivity index (χ1) is 9.79. The van der Waals surface area contributed by atoms with E-state index in [1.807, 2.05) is 43.7 Å². The molecule has 0 aliphatic heterocycles. The number of fused-ring (bicyclic) bond motifs is 1. The second-order valence-electron chi connectivity index (χ2n) is 6.00. The Balaban J connectivity index is 2.47. The molecule has 5 nitrogen and oxygen atoms in total. The SMILES string of the molecule is COc1ccc2c(c1)nc(CC(C)(C(=O)O)C(C)C)n2C. The number of rotatable bonds is 5. The van der Waals surface area contributed by atoms with Crippen molar-refractivity contribution in [3.05, 3.63) is 24.0 Å². The lowest BCUT2D eigenvalue weighted by Crippen LogP contribution is -2.36. The number of hydrogen-bond donors (Lipinski definition) is 1. The van der Waals surface area contributed by atoms with Crippen LogP contribution in [0.3, 0.4) is 0 Å². The van der Waals surface area contributed by atoms with Crippen molar-refractivity contribution in [1.82, 2.24) is 9.55 Å². The molecule has 0 aliphatic rings. The van der Waals surface area contributed by atoms with E-state index in [9.17, 15) is 9.90 Å². The minimum Gasteiger partial charge on any atom is -0.497 e. The molecule has 5 heteroatoms. The van der Waals surface area contributed by atoms with Crippen LogP contribution in [0, 0.1) is 11.3 Å². The molecule has 0 bridgehead atoms. The van der Waals surface area contributed by atoms with Crippen molar-refractivity contribution >= 4 is 17.0 Å². The first kappa shape index (κ1) is 15.4. The molecule has 1 atom stereocenters. The van der Waals surface area contributed by atoms with Gasteiger partial charge in [0.1, 0.15) is 11.6 Å². The van der Waals surface area contributed by atoms with Gasteiger partial charge in [0.2, 0.25) is 0 Å². The molecular weight excluding hydrogens is 268 g/mol. The molecule has 1 aromatic carbocycles. The Bertz CT molecular complexity index is 675. The average Bonchev–Trinajstić information content (AvgIpc) is 2.74. The fraction of sp³-hybridized carbons (Fsp3) is 0.500. The number of imidazole rings is 1. The Morgan fingerprint density at radius 1 is 1.48 bits per heavy atom. The number of nitrogens with zero attached hydrogens (tertiary/aromatic N) is 2. The number of methoxy groups -OCH3 is 1. The number of carboxylic acid groups (broad SMARTS) is 1. The van der Waals surface area contributed by atoms with Crippen LogP contribution in [0.5, 0.6) is 5.75 Å². The lowest BCUT2D eigenvalue weighted by Gasteiger charge is -2.28. The highest BCUT2D eigenvalue weighted by atomic mass is 16.5. The topological polar surface area (TPSA) is 64.3 Å².